The molecule has 0 aliphatic heterocycles. The molecular formula is C10H12N2O3S. The van der Waals surface area contributed by atoms with Gasteiger partial charge in [-0.15, -0.1) is 11.3 Å². The molecule has 0 atom stereocenters. The third-order valence-electron chi connectivity index (χ3n) is 1.84. The summed E-state index contributed by atoms with van der Waals surface area (Å²) in [6, 6.07) is 1.92. The SMILES string of the molecule is Cc1cc(OC(C)C)c(-c2noc(=O)[nH]2)s1. The van der Waals surface area contributed by atoms with Crippen LogP contribution in [0.25, 0.3) is 10.7 Å². The maximum atomic E-state index is 10.9. The molecule has 0 fully saturated rings. The largest absolute Gasteiger partial charge is 0.489 e. The highest BCUT2D eigenvalue weighted by atomic mass is 32.1. The highest BCUT2D eigenvalue weighted by Gasteiger charge is 2.15. The first-order chi connectivity index (χ1) is 7.56. The summed E-state index contributed by atoms with van der Waals surface area (Å²) in [6.45, 7) is 5.87. The van der Waals surface area contributed by atoms with Crippen molar-refractivity contribution in [2.75, 3.05) is 0 Å². The molecule has 1 N–H and O–H groups in total. The Bertz CT molecular complexity index is 538. The van der Waals surface area contributed by atoms with Crippen LogP contribution in [0.1, 0.15) is 18.7 Å². The summed E-state index contributed by atoms with van der Waals surface area (Å²) in [5.41, 5.74) is 0. The molecule has 5 nitrogen and oxygen atoms in total. The summed E-state index contributed by atoms with van der Waals surface area (Å²) < 4.78 is 10.1. The van der Waals surface area contributed by atoms with E-state index in [-0.39, 0.29) is 6.10 Å². The molecule has 0 saturated carbocycles. The van der Waals surface area contributed by atoms with E-state index < -0.39 is 5.76 Å². The zero-order valence-electron chi connectivity index (χ0n) is 9.23. The second-order valence-electron chi connectivity index (χ2n) is 3.66. The summed E-state index contributed by atoms with van der Waals surface area (Å²) in [4.78, 5) is 15.3. The Kier molecular flexibility index (Phi) is 2.82. The Morgan fingerprint density at radius 3 is 2.88 bits per heavy atom. The highest BCUT2D eigenvalue weighted by molar-refractivity contribution is 7.15. The van der Waals surface area contributed by atoms with Gasteiger partial charge in [0, 0.05) is 4.88 Å². The Morgan fingerprint density at radius 1 is 1.56 bits per heavy atom. The number of nitrogens with one attached hydrogen (secondary N) is 1. The summed E-state index contributed by atoms with van der Waals surface area (Å²) in [6.07, 6.45) is 0.0753. The third kappa shape index (κ3) is 2.16. The molecule has 0 amide bonds. The average Bonchev–Trinajstić information content (AvgIpc) is 2.72. The predicted octanol–water partition coefficient (Wildman–Crippen LogP) is 2.19. The summed E-state index contributed by atoms with van der Waals surface area (Å²) in [7, 11) is 0. The van der Waals surface area contributed by atoms with E-state index in [1.165, 1.54) is 11.3 Å². The van der Waals surface area contributed by atoms with Crippen LogP contribution in [0.4, 0.5) is 0 Å². The number of aromatic amines is 1. The van der Waals surface area contributed by atoms with Crippen molar-refractivity contribution in [3.63, 3.8) is 0 Å². The first-order valence-electron chi connectivity index (χ1n) is 4.89. The molecule has 0 aromatic carbocycles. The molecular weight excluding hydrogens is 228 g/mol. The Labute approximate surface area is 96.0 Å². The molecule has 86 valence electrons. The molecule has 0 unspecified atom stereocenters. The molecule has 0 aliphatic carbocycles. The van der Waals surface area contributed by atoms with Crippen molar-refractivity contribution in [3.8, 4) is 16.5 Å². The van der Waals surface area contributed by atoms with E-state index in [0.717, 1.165) is 15.5 Å². The lowest BCUT2D eigenvalue weighted by Crippen LogP contribution is -2.05. The quantitative estimate of drug-likeness (QED) is 0.892. The molecule has 16 heavy (non-hydrogen) atoms. The molecule has 2 heterocycles. The number of rotatable bonds is 3. The molecule has 0 radical (unpaired) electrons. The Morgan fingerprint density at radius 2 is 2.31 bits per heavy atom. The fourth-order valence-corrected chi connectivity index (χ4v) is 2.21. The van der Waals surface area contributed by atoms with Crippen LogP contribution in [0.3, 0.4) is 0 Å². The number of hydrogen-bond acceptors (Lipinski definition) is 5. The number of hydrogen-bond donors (Lipinski definition) is 1. The number of H-pyrrole nitrogens is 1. The van der Waals surface area contributed by atoms with Gasteiger partial charge in [-0.2, -0.15) is 0 Å². The van der Waals surface area contributed by atoms with E-state index in [1.54, 1.807) is 0 Å². The molecule has 0 spiro atoms. The zero-order chi connectivity index (χ0) is 11.7. The van der Waals surface area contributed by atoms with Crippen LogP contribution in [-0.4, -0.2) is 16.2 Å². The normalized spacial score (nSPS) is 11.0. The van der Waals surface area contributed by atoms with Gasteiger partial charge in [-0.3, -0.25) is 9.51 Å². The molecule has 2 aromatic rings. The third-order valence-corrected chi connectivity index (χ3v) is 2.88. The standard InChI is InChI=1S/C10H12N2O3S/c1-5(2)14-7-4-6(3)16-8(7)9-11-10(13)15-12-9/h4-5H,1-3H3,(H,11,12,13). The second-order valence-corrected chi connectivity index (χ2v) is 4.92. The van der Waals surface area contributed by atoms with Gasteiger partial charge >= 0.3 is 5.76 Å². The van der Waals surface area contributed by atoms with E-state index in [4.69, 9.17) is 4.74 Å². The fourth-order valence-electron chi connectivity index (χ4n) is 1.33. The number of aromatic nitrogens is 2. The fraction of sp³-hybridized carbons (Fsp3) is 0.400. The van der Waals surface area contributed by atoms with E-state index in [1.807, 2.05) is 26.8 Å². The Balaban J connectivity index is 2.43. The van der Waals surface area contributed by atoms with Crippen LogP contribution in [-0.2, 0) is 0 Å². The smallest absolute Gasteiger partial charge is 0.439 e. The number of thiophene rings is 1. The first kappa shape index (κ1) is 10.9. The molecule has 6 heteroatoms. The van der Waals surface area contributed by atoms with Crippen LogP contribution in [0, 0.1) is 6.92 Å². The van der Waals surface area contributed by atoms with Crippen LogP contribution < -0.4 is 10.5 Å². The van der Waals surface area contributed by atoms with Gasteiger partial charge in [0.1, 0.15) is 10.6 Å². The van der Waals surface area contributed by atoms with Crippen LogP contribution in [0.5, 0.6) is 5.75 Å². The summed E-state index contributed by atoms with van der Waals surface area (Å²) in [5, 5.41) is 3.65. The van der Waals surface area contributed by atoms with Gasteiger partial charge in [0.25, 0.3) is 0 Å². The predicted molar refractivity (Wildman–Crippen MR) is 60.9 cm³/mol. The zero-order valence-corrected chi connectivity index (χ0v) is 10.1. The minimum Gasteiger partial charge on any atom is -0.489 e. The lowest BCUT2D eigenvalue weighted by atomic mass is 10.3. The lowest BCUT2D eigenvalue weighted by Gasteiger charge is -2.08. The van der Waals surface area contributed by atoms with Crippen molar-refractivity contribution in [2.45, 2.75) is 26.9 Å². The van der Waals surface area contributed by atoms with E-state index in [2.05, 4.69) is 14.7 Å². The van der Waals surface area contributed by atoms with Gasteiger partial charge in [-0.05, 0) is 26.8 Å². The maximum Gasteiger partial charge on any atom is 0.439 e. The van der Waals surface area contributed by atoms with Gasteiger partial charge in [0.2, 0.25) is 0 Å². The van der Waals surface area contributed by atoms with Gasteiger partial charge in [0.05, 0.1) is 6.10 Å². The minimum atomic E-state index is -0.559. The van der Waals surface area contributed by atoms with Crippen molar-refractivity contribution >= 4 is 11.3 Å². The van der Waals surface area contributed by atoms with Crippen LogP contribution in [0.2, 0.25) is 0 Å². The number of aryl methyl sites for hydroxylation is 1. The van der Waals surface area contributed by atoms with E-state index in [0.29, 0.717) is 5.82 Å². The van der Waals surface area contributed by atoms with Gasteiger partial charge in [0.15, 0.2) is 5.82 Å². The average molecular weight is 240 g/mol. The van der Waals surface area contributed by atoms with Crippen molar-refractivity contribution in [3.05, 3.63) is 21.5 Å². The Hall–Kier alpha value is -1.56. The van der Waals surface area contributed by atoms with Crippen molar-refractivity contribution in [1.82, 2.24) is 10.1 Å². The first-order valence-corrected chi connectivity index (χ1v) is 5.71. The number of nitrogens with zero attached hydrogens (tertiary/aromatic N) is 1. The van der Waals surface area contributed by atoms with Gasteiger partial charge in [-0.25, -0.2) is 4.79 Å². The van der Waals surface area contributed by atoms with Crippen LogP contribution in [0.15, 0.2) is 15.4 Å². The van der Waals surface area contributed by atoms with Crippen LogP contribution >= 0.6 is 11.3 Å². The second kappa shape index (κ2) is 4.13. The maximum absolute atomic E-state index is 10.9. The lowest BCUT2D eigenvalue weighted by molar-refractivity contribution is 0.244. The minimum absolute atomic E-state index is 0.0753. The van der Waals surface area contributed by atoms with Gasteiger partial charge < -0.3 is 4.74 Å². The van der Waals surface area contributed by atoms with Crippen molar-refractivity contribution < 1.29 is 9.26 Å². The van der Waals surface area contributed by atoms with E-state index >= 15 is 0 Å². The summed E-state index contributed by atoms with van der Waals surface area (Å²) in [5.74, 6) is 0.581. The molecule has 0 saturated heterocycles. The van der Waals surface area contributed by atoms with Gasteiger partial charge in [-0.1, -0.05) is 5.16 Å². The van der Waals surface area contributed by atoms with Crippen molar-refractivity contribution in [2.24, 2.45) is 0 Å². The molecule has 0 bridgehead atoms. The molecule has 0 aliphatic rings. The number of ether oxygens (including phenoxy) is 1. The summed E-state index contributed by atoms with van der Waals surface area (Å²) >= 11 is 1.51. The molecule has 2 aromatic heterocycles. The molecule has 2 rings (SSSR count). The highest BCUT2D eigenvalue weighted by Crippen LogP contribution is 2.36. The van der Waals surface area contributed by atoms with Crippen molar-refractivity contribution in [1.29, 1.82) is 0 Å². The monoisotopic (exact) mass is 240 g/mol. The van der Waals surface area contributed by atoms with E-state index in [9.17, 15) is 4.79 Å². The topological polar surface area (TPSA) is 68.1 Å².